The third-order valence-electron chi connectivity index (χ3n) is 2.07. The highest BCUT2D eigenvalue weighted by Gasteiger charge is 2.04. The van der Waals surface area contributed by atoms with Crippen LogP contribution in [0.3, 0.4) is 0 Å². The molecule has 0 spiro atoms. The number of aromatic carboxylic acids is 1. The SMILES string of the molecule is O=C([O-])c1cccc2cccc(I)c12. The highest BCUT2D eigenvalue weighted by molar-refractivity contribution is 14.1. The summed E-state index contributed by atoms with van der Waals surface area (Å²) in [4.78, 5) is 10.9. The number of halogens is 1. The van der Waals surface area contributed by atoms with Crippen LogP contribution in [0.4, 0.5) is 0 Å². The molecule has 0 saturated carbocycles. The molecule has 0 radical (unpaired) electrons. The average Bonchev–Trinajstić information content (AvgIpc) is 2.17. The van der Waals surface area contributed by atoms with E-state index in [9.17, 15) is 9.90 Å². The van der Waals surface area contributed by atoms with Crippen molar-refractivity contribution < 1.29 is 9.90 Å². The van der Waals surface area contributed by atoms with Gasteiger partial charge in [0.2, 0.25) is 0 Å². The maximum atomic E-state index is 10.9. The molecule has 2 aromatic carbocycles. The number of carboxylic acid groups (broad SMARTS) is 1. The van der Waals surface area contributed by atoms with E-state index in [1.165, 1.54) is 0 Å². The molecule has 0 aromatic heterocycles. The number of fused-ring (bicyclic) bond motifs is 1. The van der Waals surface area contributed by atoms with Gasteiger partial charge in [0.1, 0.15) is 0 Å². The van der Waals surface area contributed by atoms with Crippen molar-refractivity contribution in [2.45, 2.75) is 0 Å². The second kappa shape index (κ2) is 3.57. The number of carboxylic acids is 1. The molecule has 0 heterocycles. The van der Waals surface area contributed by atoms with Crippen molar-refractivity contribution in [1.29, 1.82) is 0 Å². The van der Waals surface area contributed by atoms with Gasteiger partial charge in [0.05, 0.1) is 5.97 Å². The summed E-state index contributed by atoms with van der Waals surface area (Å²) in [5.41, 5.74) is 0.257. The Hall–Kier alpha value is -1.10. The summed E-state index contributed by atoms with van der Waals surface area (Å²) in [6.45, 7) is 0. The van der Waals surface area contributed by atoms with Crippen LogP contribution < -0.4 is 5.11 Å². The molecule has 0 saturated heterocycles. The summed E-state index contributed by atoms with van der Waals surface area (Å²) in [7, 11) is 0. The standard InChI is InChI=1S/C11H7IO2/c12-9-6-2-4-7-3-1-5-8(10(7)9)11(13)14/h1-6H,(H,13,14)/p-1. The van der Waals surface area contributed by atoms with E-state index in [4.69, 9.17) is 0 Å². The first kappa shape index (κ1) is 9.45. The lowest BCUT2D eigenvalue weighted by Gasteiger charge is -2.08. The van der Waals surface area contributed by atoms with Crippen LogP contribution in [0.25, 0.3) is 10.8 Å². The Kier molecular flexibility index (Phi) is 2.41. The lowest BCUT2D eigenvalue weighted by molar-refractivity contribution is -0.254. The molecule has 2 nitrogen and oxygen atoms in total. The van der Waals surface area contributed by atoms with Gasteiger partial charge in [-0.05, 0) is 34.0 Å². The Morgan fingerprint density at radius 1 is 1.14 bits per heavy atom. The lowest BCUT2D eigenvalue weighted by Crippen LogP contribution is -2.22. The molecule has 14 heavy (non-hydrogen) atoms. The minimum Gasteiger partial charge on any atom is -0.545 e. The summed E-state index contributed by atoms with van der Waals surface area (Å²) in [6.07, 6.45) is 0. The van der Waals surface area contributed by atoms with Gasteiger partial charge in [-0.1, -0.05) is 30.3 Å². The molecule has 0 N–H and O–H groups in total. The quantitative estimate of drug-likeness (QED) is 0.753. The van der Waals surface area contributed by atoms with E-state index in [2.05, 4.69) is 22.6 Å². The molecule has 0 aliphatic heterocycles. The molecule has 70 valence electrons. The number of rotatable bonds is 1. The van der Waals surface area contributed by atoms with Crippen molar-refractivity contribution in [2.75, 3.05) is 0 Å². The van der Waals surface area contributed by atoms with Crippen LogP contribution in [0.2, 0.25) is 0 Å². The normalized spacial score (nSPS) is 10.4. The zero-order valence-corrected chi connectivity index (χ0v) is 9.32. The van der Waals surface area contributed by atoms with E-state index < -0.39 is 5.97 Å². The first-order valence-corrected chi connectivity index (χ1v) is 5.16. The van der Waals surface area contributed by atoms with E-state index >= 15 is 0 Å². The fourth-order valence-corrected chi connectivity index (χ4v) is 2.27. The molecule has 0 aliphatic carbocycles. The van der Waals surface area contributed by atoms with Crippen LogP contribution in [0, 0.1) is 3.57 Å². The predicted molar refractivity (Wildman–Crippen MR) is 61.0 cm³/mol. The van der Waals surface area contributed by atoms with Gasteiger partial charge in [-0.25, -0.2) is 0 Å². The summed E-state index contributed by atoms with van der Waals surface area (Å²) in [5.74, 6) is -1.13. The first-order valence-electron chi connectivity index (χ1n) is 4.09. The van der Waals surface area contributed by atoms with E-state index in [-0.39, 0.29) is 5.56 Å². The van der Waals surface area contributed by atoms with E-state index in [1.54, 1.807) is 12.1 Å². The predicted octanol–water partition coefficient (Wildman–Crippen LogP) is 1.81. The van der Waals surface area contributed by atoms with Crippen LogP contribution in [-0.4, -0.2) is 5.97 Å². The van der Waals surface area contributed by atoms with E-state index in [0.29, 0.717) is 0 Å². The number of benzene rings is 2. The Morgan fingerprint density at radius 3 is 2.43 bits per heavy atom. The molecule has 3 heteroatoms. The Balaban J connectivity index is 2.91. The smallest absolute Gasteiger partial charge is 0.0721 e. The van der Waals surface area contributed by atoms with Gasteiger partial charge in [0, 0.05) is 14.5 Å². The molecule has 2 aromatic rings. The minimum atomic E-state index is -1.13. The molecule has 0 fully saturated rings. The van der Waals surface area contributed by atoms with Gasteiger partial charge in [-0.15, -0.1) is 0 Å². The first-order chi connectivity index (χ1) is 6.70. The van der Waals surface area contributed by atoms with Crippen molar-refractivity contribution >= 4 is 39.3 Å². The monoisotopic (exact) mass is 297 g/mol. The minimum absolute atomic E-state index is 0.257. The van der Waals surface area contributed by atoms with Crippen LogP contribution in [-0.2, 0) is 0 Å². The summed E-state index contributed by atoms with van der Waals surface area (Å²) in [5, 5.41) is 12.5. The van der Waals surface area contributed by atoms with Gasteiger partial charge >= 0.3 is 0 Å². The molecule has 2 rings (SSSR count). The van der Waals surface area contributed by atoms with Crippen LogP contribution in [0.1, 0.15) is 10.4 Å². The van der Waals surface area contributed by atoms with Gasteiger partial charge in [0.15, 0.2) is 0 Å². The average molecular weight is 297 g/mol. The second-order valence-electron chi connectivity index (χ2n) is 2.93. The van der Waals surface area contributed by atoms with Gasteiger partial charge in [-0.2, -0.15) is 0 Å². The Bertz CT molecular complexity index is 500. The largest absolute Gasteiger partial charge is 0.545 e. The third kappa shape index (κ3) is 1.48. The molecular formula is C11H6IO2-. The van der Waals surface area contributed by atoms with E-state index in [1.807, 2.05) is 24.3 Å². The molecular weight excluding hydrogens is 291 g/mol. The number of carbonyl (C=O) groups is 1. The number of hydrogen-bond donors (Lipinski definition) is 0. The topological polar surface area (TPSA) is 40.1 Å². The van der Waals surface area contributed by atoms with Gasteiger partial charge in [-0.3, -0.25) is 0 Å². The fourth-order valence-electron chi connectivity index (χ4n) is 1.47. The number of hydrogen-bond acceptors (Lipinski definition) is 2. The number of carbonyl (C=O) groups excluding carboxylic acids is 1. The van der Waals surface area contributed by atoms with Crippen LogP contribution in [0.15, 0.2) is 36.4 Å². The summed E-state index contributed by atoms with van der Waals surface area (Å²) >= 11 is 2.13. The second-order valence-corrected chi connectivity index (χ2v) is 4.09. The summed E-state index contributed by atoms with van der Waals surface area (Å²) in [6, 6.07) is 10.9. The van der Waals surface area contributed by atoms with Crippen molar-refractivity contribution in [1.82, 2.24) is 0 Å². The van der Waals surface area contributed by atoms with Gasteiger partial charge < -0.3 is 9.90 Å². The molecule has 0 amide bonds. The molecule has 0 aliphatic rings. The molecule has 0 unspecified atom stereocenters. The van der Waals surface area contributed by atoms with Crippen LogP contribution >= 0.6 is 22.6 Å². The maximum absolute atomic E-state index is 10.9. The molecule has 0 bridgehead atoms. The Labute approximate surface area is 94.7 Å². The highest BCUT2D eigenvalue weighted by atomic mass is 127. The fraction of sp³-hybridized carbons (Fsp3) is 0. The Morgan fingerprint density at radius 2 is 1.79 bits per heavy atom. The lowest BCUT2D eigenvalue weighted by atomic mass is 10.1. The van der Waals surface area contributed by atoms with E-state index in [0.717, 1.165) is 14.3 Å². The molecule has 0 atom stereocenters. The zero-order valence-electron chi connectivity index (χ0n) is 7.16. The van der Waals surface area contributed by atoms with Crippen molar-refractivity contribution in [3.8, 4) is 0 Å². The van der Waals surface area contributed by atoms with Crippen LogP contribution in [0.5, 0.6) is 0 Å². The highest BCUT2D eigenvalue weighted by Crippen LogP contribution is 2.23. The third-order valence-corrected chi connectivity index (χ3v) is 2.97. The zero-order chi connectivity index (χ0) is 10.1. The van der Waals surface area contributed by atoms with Crippen molar-refractivity contribution in [3.63, 3.8) is 0 Å². The summed E-state index contributed by atoms with van der Waals surface area (Å²) < 4.78 is 0.930. The van der Waals surface area contributed by atoms with Crippen molar-refractivity contribution in [2.24, 2.45) is 0 Å². The maximum Gasteiger partial charge on any atom is 0.0721 e. The van der Waals surface area contributed by atoms with Crippen molar-refractivity contribution in [3.05, 3.63) is 45.5 Å². The van der Waals surface area contributed by atoms with Gasteiger partial charge in [0.25, 0.3) is 0 Å².